The summed E-state index contributed by atoms with van der Waals surface area (Å²) in [5.74, 6) is 0. The first-order chi connectivity index (χ1) is 7.36. The van der Waals surface area contributed by atoms with Crippen LogP contribution in [0.3, 0.4) is 0 Å². The fourth-order valence-electron chi connectivity index (χ4n) is 3.07. The van der Waals surface area contributed by atoms with E-state index in [4.69, 9.17) is 0 Å². The standard InChI is InChI=1S/C13H26N2/c1-12-11-13(7-8-14-12)15-9-5-3-2-4-6-10-15/h12-14H,2-11H2,1H3. The molecule has 0 aromatic rings. The Morgan fingerprint density at radius 3 is 2.33 bits per heavy atom. The van der Waals surface area contributed by atoms with Crippen LogP contribution in [-0.2, 0) is 0 Å². The van der Waals surface area contributed by atoms with Crippen LogP contribution >= 0.6 is 0 Å². The summed E-state index contributed by atoms with van der Waals surface area (Å²) in [6.07, 6.45) is 9.96. The summed E-state index contributed by atoms with van der Waals surface area (Å²) in [5, 5.41) is 3.55. The summed E-state index contributed by atoms with van der Waals surface area (Å²) < 4.78 is 0. The minimum Gasteiger partial charge on any atom is -0.314 e. The summed E-state index contributed by atoms with van der Waals surface area (Å²) in [5.41, 5.74) is 0. The SMILES string of the molecule is CC1CC(N2CCCCCCC2)CCN1. The lowest BCUT2D eigenvalue weighted by Gasteiger charge is -2.38. The maximum Gasteiger partial charge on any atom is 0.0122 e. The van der Waals surface area contributed by atoms with E-state index in [1.54, 1.807) is 0 Å². The van der Waals surface area contributed by atoms with Gasteiger partial charge in [0.25, 0.3) is 0 Å². The van der Waals surface area contributed by atoms with Gasteiger partial charge < -0.3 is 10.2 Å². The van der Waals surface area contributed by atoms with E-state index in [0.29, 0.717) is 0 Å². The average Bonchev–Trinajstić information content (AvgIpc) is 2.16. The Kier molecular flexibility index (Phi) is 4.45. The molecule has 15 heavy (non-hydrogen) atoms. The molecule has 2 aliphatic heterocycles. The molecule has 88 valence electrons. The third-order valence-corrected chi connectivity index (χ3v) is 4.00. The molecule has 0 aromatic carbocycles. The number of hydrogen-bond acceptors (Lipinski definition) is 2. The second kappa shape index (κ2) is 5.86. The predicted molar refractivity (Wildman–Crippen MR) is 65.1 cm³/mol. The molecule has 2 atom stereocenters. The van der Waals surface area contributed by atoms with E-state index < -0.39 is 0 Å². The lowest BCUT2D eigenvalue weighted by atomic mass is 9.97. The smallest absolute Gasteiger partial charge is 0.0122 e. The number of piperidine rings is 1. The largest absolute Gasteiger partial charge is 0.314 e. The van der Waals surface area contributed by atoms with E-state index >= 15 is 0 Å². The first-order valence-electron chi connectivity index (χ1n) is 6.83. The summed E-state index contributed by atoms with van der Waals surface area (Å²) >= 11 is 0. The van der Waals surface area contributed by atoms with Crippen molar-refractivity contribution in [3.63, 3.8) is 0 Å². The summed E-state index contributed by atoms with van der Waals surface area (Å²) in [6.45, 7) is 6.27. The third kappa shape index (κ3) is 3.46. The Hall–Kier alpha value is -0.0800. The number of nitrogens with zero attached hydrogens (tertiary/aromatic N) is 1. The average molecular weight is 210 g/mol. The molecular formula is C13H26N2. The highest BCUT2D eigenvalue weighted by molar-refractivity contribution is 4.82. The van der Waals surface area contributed by atoms with Crippen LogP contribution in [0.5, 0.6) is 0 Å². The van der Waals surface area contributed by atoms with Crippen molar-refractivity contribution in [2.45, 2.75) is 64.0 Å². The van der Waals surface area contributed by atoms with E-state index in [2.05, 4.69) is 17.1 Å². The zero-order valence-electron chi connectivity index (χ0n) is 10.2. The second-order valence-electron chi connectivity index (χ2n) is 5.34. The van der Waals surface area contributed by atoms with Crippen LogP contribution in [0.2, 0.25) is 0 Å². The Bertz CT molecular complexity index is 173. The van der Waals surface area contributed by atoms with Gasteiger partial charge in [-0.1, -0.05) is 19.3 Å². The van der Waals surface area contributed by atoms with Gasteiger partial charge in [0.05, 0.1) is 0 Å². The van der Waals surface area contributed by atoms with Gasteiger partial charge in [0.15, 0.2) is 0 Å². The van der Waals surface area contributed by atoms with Crippen LogP contribution in [0.1, 0.15) is 51.9 Å². The van der Waals surface area contributed by atoms with Crippen molar-refractivity contribution in [3.8, 4) is 0 Å². The zero-order valence-corrected chi connectivity index (χ0v) is 10.2. The fourth-order valence-corrected chi connectivity index (χ4v) is 3.07. The van der Waals surface area contributed by atoms with Crippen LogP contribution in [0.15, 0.2) is 0 Å². The van der Waals surface area contributed by atoms with E-state index in [1.807, 2.05) is 0 Å². The van der Waals surface area contributed by atoms with Crippen LogP contribution in [0.25, 0.3) is 0 Å². The van der Waals surface area contributed by atoms with E-state index in [9.17, 15) is 0 Å². The molecule has 0 bridgehead atoms. The fraction of sp³-hybridized carbons (Fsp3) is 1.00. The zero-order chi connectivity index (χ0) is 10.5. The topological polar surface area (TPSA) is 15.3 Å². The second-order valence-corrected chi connectivity index (χ2v) is 5.34. The molecule has 2 fully saturated rings. The molecule has 0 spiro atoms. The van der Waals surface area contributed by atoms with Gasteiger partial charge in [0, 0.05) is 12.1 Å². The van der Waals surface area contributed by atoms with Gasteiger partial charge in [-0.15, -0.1) is 0 Å². The molecule has 2 aliphatic rings. The number of rotatable bonds is 1. The van der Waals surface area contributed by atoms with Gasteiger partial charge in [-0.2, -0.15) is 0 Å². The van der Waals surface area contributed by atoms with E-state index in [1.165, 1.54) is 64.6 Å². The molecule has 0 radical (unpaired) electrons. The molecule has 1 N–H and O–H groups in total. The van der Waals surface area contributed by atoms with Gasteiger partial charge in [-0.25, -0.2) is 0 Å². The van der Waals surface area contributed by atoms with Gasteiger partial charge in [-0.3, -0.25) is 0 Å². The third-order valence-electron chi connectivity index (χ3n) is 4.00. The molecule has 0 aromatic heterocycles. The Balaban J connectivity index is 1.83. The van der Waals surface area contributed by atoms with Crippen molar-refractivity contribution in [1.82, 2.24) is 10.2 Å². The van der Waals surface area contributed by atoms with Crippen LogP contribution < -0.4 is 5.32 Å². The lowest BCUT2D eigenvalue weighted by Crippen LogP contribution is -2.47. The van der Waals surface area contributed by atoms with E-state index in [-0.39, 0.29) is 0 Å². The normalized spacial score (nSPS) is 35.8. The maximum absolute atomic E-state index is 3.55. The maximum atomic E-state index is 3.55. The minimum atomic E-state index is 0.731. The first kappa shape index (κ1) is 11.4. The molecule has 2 rings (SSSR count). The highest BCUT2D eigenvalue weighted by Gasteiger charge is 2.24. The number of nitrogens with one attached hydrogen (secondary N) is 1. The van der Waals surface area contributed by atoms with Gasteiger partial charge in [0.1, 0.15) is 0 Å². The summed E-state index contributed by atoms with van der Waals surface area (Å²) in [6, 6.07) is 1.61. The molecule has 2 saturated heterocycles. The molecular weight excluding hydrogens is 184 g/mol. The highest BCUT2D eigenvalue weighted by Crippen LogP contribution is 2.19. The van der Waals surface area contributed by atoms with Gasteiger partial charge in [-0.05, 0) is 52.2 Å². The van der Waals surface area contributed by atoms with Crippen LogP contribution in [0, 0.1) is 0 Å². The summed E-state index contributed by atoms with van der Waals surface area (Å²) in [7, 11) is 0. The van der Waals surface area contributed by atoms with Crippen molar-refractivity contribution in [2.75, 3.05) is 19.6 Å². The molecule has 0 saturated carbocycles. The van der Waals surface area contributed by atoms with Crippen molar-refractivity contribution >= 4 is 0 Å². The molecule has 2 heteroatoms. The number of hydrogen-bond donors (Lipinski definition) is 1. The Morgan fingerprint density at radius 1 is 1.00 bits per heavy atom. The Labute approximate surface area is 94.4 Å². The van der Waals surface area contributed by atoms with Crippen molar-refractivity contribution in [1.29, 1.82) is 0 Å². The molecule has 0 amide bonds. The van der Waals surface area contributed by atoms with Crippen molar-refractivity contribution in [3.05, 3.63) is 0 Å². The molecule has 0 aliphatic carbocycles. The first-order valence-corrected chi connectivity index (χ1v) is 6.83. The van der Waals surface area contributed by atoms with Crippen molar-refractivity contribution in [2.24, 2.45) is 0 Å². The van der Waals surface area contributed by atoms with Crippen LogP contribution in [0.4, 0.5) is 0 Å². The highest BCUT2D eigenvalue weighted by atomic mass is 15.2. The monoisotopic (exact) mass is 210 g/mol. The van der Waals surface area contributed by atoms with E-state index in [0.717, 1.165) is 12.1 Å². The van der Waals surface area contributed by atoms with Gasteiger partial charge in [0.2, 0.25) is 0 Å². The van der Waals surface area contributed by atoms with Crippen molar-refractivity contribution < 1.29 is 0 Å². The van der Waals surface area contributed by atoms with Crippen LogP contribution in [-0.4, -0.2) is 36.6 Å². The van der Waals surface area contributed by atoms with Gasteiger partial charge >= 0.3 is 0 Å². The molecule has 2 nitrogen and oxygen atoms in total. The number of likely N-dealkylation sites (tertiary alicyclic amines) is 1. The minimum absolute atomic E-state index is 0.731. The molecule has 2 unspecified atom stereocenters. The predicted octanol–water partition coefficient (Wildman–Crippen LogP) is 2.39. The quantitative estimate of drug-likeness (QED) is 0.715. The summed E-state index contributed by atoms with van der Waals surface area (Å²) in [4.78, 5) is 2.77. The lowest BCUT2D eigenvalue weighted by molar-refractivity contribution is 0.135. The molecule has 2 heterocycles. The Morgan fingerprint density at radius 2 is 1.67 bits per heavy atom.